The van der Waals surface area contributed by atoms with Gasteiger partial charge in [-0.2, -0.15) is 0 Å². The fourth-order valence-corrected chi connectivity index (χ4v) is 1.36. The van der Waals surface area contributed by atoms with E-state index in [1.807, 2.05) is 29.1 Å². The van der Waals surface area contributed by atoms with Gasteiger partial charge < -0.3 is 9.30 Å². The average molecular weight is 191 g/mol. The van der Waals surface area contributed by atoms with Gasteiger partial charge in [0.25, 0.3) is 0 Å². The van der Waals surface area contributed by atoms with Gasteiger partial charge in [0.05, 0.1) is 12.8 Å². The summed E-state index contributed by atoms with van der Waals surface area (Å²) >= 11 is 0. The van der Waals surface area contributed by atoms with Crippen LogP contribution in [0.5, 0.6) is 5.75 Å². The van der Waals surface area contributed by atoms with Crippen LogP contribution in [0.15, 0.2) is 42.7 Å². The zero-order chi connectivity index (χ0) is 9.97. The molecule has 0 saturated heterocycles. The maximum Gasteiger partial charge on any atom is 0.145 e. The Labute approximate surface area is 81.6 Å². The van der Waals surface area contributed by atoms with Crippen molar-refractivity contribution in [3.05, 3.63) is 48.5 Å². The highest BCUT2D eigenvalue weighted by molar-refractivity contribution is 5.47. The molecule has 0 unspecified atom stereocenters. The van der Waals surface area contributed by atoms with E-state index in [1.54, 1.807) is 6.07 Å². The quantitative estimate of drug-likeness (QED) is 0.711. The Morgan fingerprint density at radius 1 is 1.21 bits per heavy atom. The van der Waals surface area contributed by atoms with Crippen LogP contribution in [-0.2, 0) is 0 Å². The van der Waals surface area contributed by atoms with Crippen molar-refractivity contribution >= 4 is 0 Å². The van der Waals surface area contributed by atoms with Crippen molar-refractivity contribution in [2.24, 2.45) is 0 Å². The largest absolute Gasteiger partial charge is 0.494 e. The third kappa shape index (κ3) is 1.48. The van der Waals surface area contributed by atoms with Crippen LogP contribution in [0.25, 0.3) is 5.69 Å². The first-order valence-electron chi connectivity index (χ1n) is 4.28. The molecular weight excluding hydrogens is 181 g/mol. The Morgan fingerprint density at radius 3 is 2.57 bits per heavy atom. The van der Waals surface area contributed by atoms with Crippen molar-refractivity contribution in [1.29, 1.82) is 0 Å². The van der Waals surface area contributed by atoms with Crippen LogP contribution in [-0.4, -0.2) is 11.7 Å². The summed E-state index contributed by atoms with van der Waals surface area (Å²) in [6, 6.07) is 8.28. The summed E-state index contributed by atoms with van der Waals surface area (Å²) in [5.74, 6) is 0.235. The predicted octanol–water partition coefficient (Wildman–Crippen LogP) is 2.63. The molecule has 0 saturated carbocycles. The number of hydrogen-bond donors (Lipinski definition) is 0. The van der Waals surface area contributed by atoms with E-state index in [1.165, 1.54) is 19.2 Å². The Hall–Kier alpha value is -1.77. The van der Waals surface area contributed by atoms with Crippen molar-refractivity contribution in [3.8, 4) is 11.4 Å². The standard InChI is InChI=1S/C11H10FNO/c1-14-11-8-9(12)4-5-10(11)13-6-2-3-7-13/h2-8H,1H3. The molecule has 14 heavy (non-hydrogen) atoms. The summed E-state index contributed by atoms with van der Waals surface area (Å²) in [6.45, 7) is 0. The van der Waals surface area contributed by atoms with E-state index in [0.29, 0.717) is 5.75 Å². The third-order valence-electron chi connectivity index (χ3n) is 2.02. The number of methoxy groups -OCH3 is 1. The van der Waals surface area contributed by atoms with Gasteiger partial charge in [-0.15, -0.1) is 0 Å². The minimum atomic E-state index is -0.294. The SMILES string of the molecule is COc1cc(F)ccc1-n1cccc1. The highest BCUT2D eigenvalue weighted by Crippen LogP contribution is 2.23. The van der Waals surface area contributed by atoms with Gasteiger partial charge in [-0.1, -0.05) is 0 Å². The smallest absolute Gasteiger partial charge is 0.145 e. The van der Waals surface area contributed by atoms with Gasteiger partial charge in [-0.3, -0.25) is 0 Å². The molecule has 0 radical (unpaired) electrons. The number of ether oxygens (including phenoxy) is 1. The van der Waals surface area contributed by atoms with Gasteiger partial charge in [0.1, 0.15) is 11.6 Å². The topological polar surface area (TPSA) is 14.2 Å². The molecule has 0 fully saturated rings. The number of nitrogens with zero attached hydrogens (tertiary/aromatic N) is 1. The predicted molar refractivity (Wildman–Crippen MR) is 52.3 cm³/mol. The van der Waals surface area contributed by atoms with Gasteiger partial charge in [-0.05, 0) is 24.3 Å². The molecule has 0 aliphatic rings. The van der Waals surface area contributed by atoms with Crippen LogP contribution in [0, 0.1) is 5.82 Å². The van der Waals surface area contributed by atoms with Crippen molar-refractivity contribution < 1.29 is 9.13 Å². The van der Waals surface area contributed by atoms with Crippen LogP contribution in [0.4, 0.5) is 4.39 Å². The highest BCUT2D eigenvalue weighted by atomic mass is 19.1. The molecule has 0 atom stereocenters. The van der Waals surface area contributed by atoms with Crippen molar-refractivity contribution in [1.82, 2.24) is 4.57 Å². The Morgan fingerprint density at radius 2 is 1.93 bits per heavy atom. The first-order chi connectivity index (χ1) is 6.81. The second-order valence-corrected chi connectivity index (χ2v) is 2.91. The molecule has 72 valence electrons. The van der Waals surface area contributed by atoms with Crippen LogP contribution >= 0.6 is 0 Å². The summed E-state index contributed by atoms with van der Waals surface area (Å²) in [5.41, 5.74) is 0.832. The zero-order valence-electron chi connectivity index (χ0n) is 7.77. The number of aromatic nitrogens is 1. The number of rotatable bonds is 2. The molecule has 2 aromatic rings. The second-order valence-electron chi connectivity index (χ2n) is 2.91. The first-order valence-corrected chi connectivity index (χ1v) is 4.28. The normalized spacial score (nSPS) is 10.1. The fourth-order valence-electron chi connectivity index (χ4n) is 1.36. The molecule has 1 heterocycles. The summed E-state index contributed by atoms with van der Waals surface area (Å²) < 4.78 is 19.8. The summed E-state index contributed by atoms with van der Waals surface area (Å²) in [7, 11) is 1.53. The molecular formula is C11H10FNO. The molecule has 0 bridgehead atoms. The summed E-state index contributed by atoms with van der Waals surface area (Å²) in [6.07, 6.45) is 3.77. The van der Waals surface area contributed by atoms with Gasteiger partial charge in [-0.25, -0.2) is 4.39 Å². The summed E-state index contributed by atoms with van der Waals surface area (Å²) in [4.78, 5) is 0. The Balaban J connectivity index is 2.53. The van der Waals surface area contributed by atoms with Gasteiger partial charge in [0.15, 0.2) is 0 Å². The van der Waals surface area contributed by atoms with Gasteiger partial charge in [0.2, 0.25) is 0 Å². The molecule has 3 heteroatoms. The zero-order valence-corrected chi connectivity index (χ0v) is 7.77. The molecule has 0 N–H and O–H groups in total. The summed E-state index contributed by atoms with van der Waals surface area (Å²) in [5, 5.41) is 0. The lowest BCUT2D eigenvalue weighted by molar-refractivity contribution is 0.409. The van der Waals surface area contributed by atoms with E-state index in [9.17, 15) is 4.39 Å². The average Bonchev–Trinajstić information content (AvgIpc) is 2.70. The van der Waals surface area contributed by atoms with Crippen molar-refractivity contribution in [3.63, 3.8) is 0 Å². The maximum atomic E-state index is 12.9. The van der Waals surface area contributed by atoms with Gasteiger partial charge in [0, 0.05) is 18.5 Å². The first kappa shape index (κ1) is 8.81. The Bertz CT molecular complexity index is 423. The minimum Gasteiger partial charge on any atom is -0.494 e. The van der Waals surface area contributed by atoms with Gasteiger partial charge >= 0.3 is 0 Å². The minimum absolute atomic E-state index is 0.294. The van der Waals surface area contributed by atoms with E-state index in [4.69, 9.17) is 4.74 Å². The third-order valence-corrected chi connectivity index (χ3v) is 2.02. The monoisotopic (exact) mass is 191 g/mol. The number of hydrogen-bond acceptors (Lipinski definition) is 1. The maximum absolute atomic E-state index is 12.9. The van der Waals surface area contributed by atoms with Crippen LogP contribution in [0.3, 0.4) is 0 Å². The fraction of sp³-hybridized carbons (Fsp3) is 0.0909. The van der Waals surface area contributed by atoms with Crippen molar-refractivity contribution in [2.75, 3.05) is 7.11 Å². The molecule has 0 aliphatic carbocycles. The number of halogens is 1. The van der Waals surface area contributed by atoms with Crippen LogP contribution in [0.1, 0.15) is 0 Å². The lowest BCUT2D eigenvalue weighted by atomic mass is 10.3. The van der Waals surface area contributed by atoms with E-state index in [-0.39, 0.29) is 5.82 Å². The molecule has 0 spiro atoms. The van der Waals surface area contributed by atoms with Crippen LogP contribution < -0.4 is 4.74 Å². The highest BCUT2D eigenvalue weighted by Gasteiger charge is 2.04. The van der Waals surface area contributed by atoms with E-state index < -0.39 is 0 Å². The number of benzene rings is 1. The van der Waals surface area contributed by atoms with Crippen LogP contribution in [0.2, 0.25) is 0 Å². The van der Waals surface area contributed by atoms with E-state index in [2.05, 4.69) is 0 Å². The Kier molecular flexibility index (Phi) is 2.23. The second kappa shape index (κ2) is 3.54. The lowest BCUT2D eigenvalue weighted by Crippen LogP contribution is -1.95. The molecule has 1 aromatic heterocycles. The van der Waals surface area contributed by atoms with Crippen molar-refractivity contribution in [2.45, 2.75) is 0 Å². The van der Waals surface area contributed by atoms with E-state index >= 15 is 0 Å². The molecule has 2 nitrogen and oxygen atoms in total. The molecule has 0 aliphatic heterocycles. The molecule has 0 amide bonds. The molecule has 2 rings (SSSR count). The van der Waals surface area contributed by atoms with E-state index in [0.717, 1.165) is 5.69 Å². The lowest BCUT2D eigenvalue weighted by Gasteiger charge is -2.08. The molecule has 1 aromatic carbocycles.